The van der Waals surface area contributed by atoms with Crippen molar-refractivity contribution in [1.82, 2.24) is 0 Å². The molecule has 0 fully saturated rings. The topological polar surface area (TPSA) is 71.7 Å². The molecule has 0 saturated carbocycles. The molecule has 0 radical (unpaired) electrons. The summed E-state index contributed by atoms with van der Waals surface area (Å²) >= 11 is 0. The van der Waals surface area contributed by atoms with Gasteiger partial charge in [0.25, 0.3) is 0 Å². The summed E-state index contributed by atoms with van der Waals surface area (Å²) in [5.74, 6) is 0. The van der Waals surface area contributed by atoms with Crippen LogP contribution in [0.25, 0.3) is 0 Å². The molecule has 1 N–H and O–H groups in total. The Balaban J connectivity index is 2.82. The van der Waals surface area contributed by atoms with Crippen LogP contribution in [0.4, 0.5) is 0 Å². The van der Waals surface area contributed by atoms with Gasteiger partial charge in [-0.05, 0) is 0 Å². The maximum atomic E-state index is 8.38. The second-order valence-electron chi connectivity index (χ2n) is 2.47. The number of nitriles is 1. The van der Waals surface area contributed by atoms with Crippen LogP contribution in [0.15, 0.2) is 0 Å². The zero-order valence-corrected chi connectivity index (χ0v) is 8.28. The fourth-order valence-corrected chi connectivity index (χ4v) is 0.724. The molecule has 0 aliphatic carbocycles. The van der Waals surface area contributed by atoms with Crippen molar-refractivity contribution in [1.29, 1.82) is 5.26 Å². The summed E-state index contributed by atoms with van der Waals surface area (Å²) in [4.78, 5) is 0. The molecule has 0 rings (SSSR count). The molecule has 0 aromatic rings. The smallest absolute Gasteiger partial charge is 0.0701 e. The van der Waals surface area contributed by atoms with Crippen LogP contribution in [0.5, 0.6) is 0 Å². The molecule has 0 aromatic heterocycles. The summed E-state index contributed by atoms with van der Waals surface area (Å²) in [5, 5.41) is 16.6. The lowest BCUT2D eigenvalue weighted by molar-refractivity contribution is 0.00852. The fourth-order valence-electron chi connectivity index (χ4n) is 0.724. The molecule has 0 aromatic carbocycles. The summed E-state index contributed by atoms with van der Waals surface area (Å²) in [5.41, 5.74) is 0. The molecular weight excluding hydrogens is 186 g/mol. The van der Waals surface area contributed by atoms with E-state index in [1.54, 1.807) is 0 Å². The van der Waals surface area contributed by atoms with E-state index in [1.165, 1.54) is 0 Å². The SMILES string of the molecule is N#CCCOCCOCCOCCO. The highest BCUT2D eigenvalue weighted by Crippen LogP contribution is 1.82. The zero-order valence-electron chi connectivity index (χ0n) is 8.28. The van der Waals surface area contributed by atoms with Gasteiger partial charge in [0.2, 0.25) is 0 Å². The van der Waals surface area contributed by atoms with Crippen molar-refractivity contribution in [3.05, 3.63) is 0 Å². The molecule has 82 valence electrons. The molecule has 0 spiro atoms. The summed E-state index contributed by atoms with van der Waals surface area (Å²) in [6.45, 7) is 2.84. The Bertz CT molecular complexity index is 146. The Morgan fingerprint density at radius 1 is 0.857 bits per heavy atom. The van der Waals surface area contributed by atoms with Gasteiger partial charge in [0.1, 0.15) is 0 Å². The van der Waals surface area contributed by atoms with Gasteiger partial charge < -0.3 is 19.3 Å². The molecule has 5 heteroatoms. The summed E-state index contributed by atoms with van der Waals surface area (Å²) < 4.78 is 15.2. The van der Waals surface area contributed by atoms with Crippen LogP contribution in [0.2, 0.25) is 0 Å². The number of aliphatic hydroxyl groups is 1. The lowest BCUT2D eigenvalue weighted by Gasteiger charge is -2.04. The monoisotopic (exact) mass is 203 g/mol. The fraction of sp³-hybridized carbons (Fsp3) is 0.889. The Morgan fingerprint density at radius 3 is 1.86 bits per heavy atom. The second-order valence-corrected chi connectivity index (χ2v) is 2.47. The predicted octanol–water partition coefficient (Wildman–Crippen LogP) is -0.0578. The van der Waals surface area contributed by atoms with Crippen molar-refractivity contribution >= 4 is 0 Å². The predicted molar refractivity (Wildman–Crippen MR) is 49.8 cm³/mol. The molecule has 14 heavy (non-hydrogen) atoms. The van der Waals surface area contributed by atoms with Gasteiger partial charge in [-0.15, -0.1) is 0 Å². The van der Waals surface area contributed by atoms with E-state index in [4.69, 9.17) is 24.6 Å². The van der Waals surface area contributed by atoms with E-state index >= 15 is 0 Å². The third-order valence-corrected chi connectivity index (χ3v) is 1.34. The molecule has 0 aliphatic heterocycles. The molecule has 0 unspecified atom stereocenters. The molecular formula is C9H17NO4. The lowest BCUT2D eigenvalue weighted by Crippen LogP contribution is -2.10. The molecule has 0 heterocycles. The number of nitrogens with zero attached hydrogens (tertiary/aromatic N) is 1. The average Bonchev–Trinajstić information content (AvgIpc) is 2.21. The van der Waals surface area contributed by atoms with Gasteiger partial charge in [-0.2, -0.15) is 5.26 Å². The molecule has 0 atom stereocenters. The first-order valence-corrected chi connectivity index (χ1v) is 4.63. The zero-order chi connectivity index (χ0) is 10.5. The normalized spacial score (nSPS) is 10.0. The molecule has 0 saturated heterocycles. The van der Waals surface area contributed by atoms with Crippen LogP contribution in [0, 0.1) is 11.3 Å². The van der Waals surface area contributed by atoms with Gasteiger partial charge in [-0.1, -0.05) is 0 Å². The van der Waals surface area contributed by atoms with E-state index in [0.29, 0.717) is 46.1 Å². The Kier molecular flexibility index (Phi) is 11.7. The number of hydrogen-bond acceptors (Lipinski definition) is 5. The van der Waals surface area contributed by atoms with E-state index in [1.807, 2.05) is 6.07 Å². The van der Waals surface area contributed by atoms with E-state index < -0.39 is 0 Å². The van der Waals surface area contributed by atoms with Gasteiger partial charge in [-0.3, -0.25) is 0 Å². The van der Waals surface area contributed by atoms with Gasteiger partial charge in [0.15, 0.2) is 0 Å². The summed E-state index contributed by atoms with van der Waals surface area (Å²) in [6.07, 6.45) is 0.416. The highest BCUT2D eigenvalue weighted by molar-refractivity contribution is 4.66. The minimum Gasteiger partial charge on any atom is -0.394 e. The van der Waals surface area contributed by atoms with Crippen LogP contribution in [0.1, 0.15) is 6.42 Å². The van der Waals surface area contributed by atoms with Crippen molar-refractivity contribution < 1.29 is 19.3 Å². The van der Waals surface area contributed by atoms with Gasteiger partial charge >= 0.3 is 0 Å². The number of hydrogen-bond donors (Lipinski definition) is 1. The maximum absolute atomic E-state index is 8.38. The average molecular weight is 203 g/mol. The number of aliphatic hydroxyl groups excluding tert-OH is 1. The van der Waals surface area contributed by atoms with E-state index in [-0.39, 0.29) is 6.61 Å². The highest BCUT2D eigenvalue weighted by atomic mass is 16.5. The largest absolute Gasteiger partial charge is 0.394 e. The summed E-state index contributed by atoms with van der Waals surface area (Å²) in [6, 6.07) is 1.98. The van der Waals surface area contributed by atoms with Gasteiger partial charge in [0, 0.05) is 0 Å². The quantitative estimate of drug-likeness (QED) is 0.504. The molecule has 0 bridgehead atoms. The lowest BCUT2D eigenvalue weighted by atomic mass is 10.5. The van der Waals surface area contributed by atoms with Crippen LogP contribution in [0.3, 0.4) is 0 Å². The van der Waals surface area contributed by atoms with Crippen LogP contribution >= 0.6 is 0 Å². The second kappa shape index (κ2) is 12.3. The standard InChI is InChI=1S/C9H17NO4/c10-2-1-4-12-6-8-14-9-7-13-5-3-11/h11H,1,3-9H2. The maximum Gasteiger partial charge on any atom is 0.0701 e. The van der Waals surface area contributed by atoms with Gasteiger partial charge in [-0.25, -0.2) is 0 Å². The first-order valence-electron chi connectivity index (χ1n) is 4.63. The van der Waals surface area contributed by atoms with Crippen molar-refractivity contribution in [2.24, 2.45) is 0 Å². The third kappa shape index (κ3) is 11.3. The van der Waals surface area contributed by atoms with Crippen molar-refractivity contribution in [2.45, 2.75) is 6.42 Å². The first-order chi connectivity index (χ1) is 6.91. The van der Waals surface area contributed by atoms with E-state index in [2.05, 4.69) is 0 Å². The first kappa shape index (κ1) is 13.3. The van der Waals surface area contributed by atoms with Crippen LogP contribution in [-0.2, 0) is 14.2 Å². The Labute approximate surface area is 84.2 Å². The van der Waals surface area contributed by atoms with Crippen molar-refractivity contribution in [3.63, 3.8) is 0 Å². The molecule has 0 aliphatic rings. The van der Waals surface area contributed by atoms with E-state index in [9.17, 15) is 0 Å². The molecule has 5 nitrogen and oxygen atoms in total. The van der Waals surface area contributed by atoms with Crippen LogP contribution in [-0.4, -0.2) is 51.4 Å². The molecule has 0 amide bonds. The summed E-state index contributed by atoms with van der Waals surface area (Å²) in [7, 11) is 0. The minimum absolute atomic E-state index is 0.0390. The van der Waals surface area contributed by atoms with Gasteiger partial charge in [0.05, 0.1) is 58.7 Å². The van der Waals surface area contributed by atoms with Crippen LogP contribution < -0.4 is 0 Å². The highest BCUT2D eigenvalue weighted by Gasteiger charge is 1.90. The third-order valence-electron chi connectivity index (χ3n) is 1.34. The van der Waals surface area contributed by atoms with Crippen molar-refractivity contribution in [3.8, 4) is 6.07 Å². The number of rotatable bonds is 10. The minimum atomic E-state index is 0.0390. The Hall–Kier alpha value is -0.670. The van der Waals surface area contributed by atoms with E-state index in [0.717, 1.165) is 0 Å². The van der Waals surface area contributed by atoms with Crippen molar-refractivity contribution in [2.75, 3.05) is 46.2 Å². The Morgan fingerprint density at radius 2 is 1.36 bits per heavy atom. The number of ether oxygens (including phenoxy) is 3.